The number of halogens is 1. The second-order valence-electron chi connectivity index (χ2n) is 9.02. The second-order valence-corrected chi connectivity index (χ2v) is 10.1. The molecular weight excluding hydrogens is 527 g/mol. The first-order chi connectivity index (χ1) is 19.6. The Labute approximate surface area is 232 Å². The molecule has 0 bridgehead atoms. The summed E-state index contributed by atoms with van der Waals surface area (Å²) in [5.41, 5.74) is 2.00. The number of hydrogen-bond donors (Lipinski definition) is 0. The van der Waals surface area contributed by atoms with Gasteiger partial charge in [0.05, 0.1) is 29.1 Å². The van der Waals surface area contributed by atoms with Gasteiger partial charge >= 0.3 is 0 Å². The van der Waals surface area contributed by atoms with Gasteiger partial charge in [-0.1, -0.05) is 48.5 Å². The van der Waals surface area contributed by atoms with Crippen LogP contribution in [-0.2, 0) is 4.74 Å². The van der Waals surface area contributed by atoms with Crippen LogP contribution in [0.3, 0.4) is 0 Å². The van der Waals surface area contributed by atoms with E-state index in [1.807, 2.05) is 65.2 Å². The summed E-state index contributed by atoms with van der Waals surface area (Å²) in [5.74, 6) is 0.567. The Hall–Kier alpha value is -4.85. The Morgan fingerprint density at radius 3 is 2.15 bits per heavy atom. The molecule has 6 rings (SSSR count). The number of rotatable bonds is 5. The molecule has 1 saturated heterocycles. The molecule has 1 aliphatic heterocycles. The maximum atomic E-state index is 13.8. The molecule has 40 heavy (non-hydrogen) atoms. The monoisotopic (exact) mass is 550 g/mol. The number of nitrogens with zero attached hydrogens (tertiary/aromatic N) is 6. The van der Waals surface area contributed by atoms with Gasteiger partial charge in [-0.2, -0.15) is 5.26 Å². The quantitative estimate of drug-likeness (QED) is 0.334. The van der Waals surface area contributed by atoms with Crippen molar-refractivity contribution in [3.63, 3.8) is 0 Å². The maximum Gasteiger partial charge on any atom is 0.273 e. The fourth-order valence-electron chi connectivity index (χ4n) is 4.59. The third kappa shape index (κ3) is 4.84. The van der Waals surface area contributed by atoms with Crippen molar-refractivity contribution in [2.24, 2.45) is 0 Å². The highest BCUT2D eigenvalue weighted by Gasteiger charge is 2.25. The van der Waals surface area contributed by atoms with E-state index in [2.05, 4.69) is 21.2 Å². The zero-order chi connectivity index (χ0) is 27.5. The van der Waals surface area contributed by atoms with Crippen molar-refractivity contribution in [2.45, 2.75) is 0 Å². The van der Waals surface area contributed by atoms with E-state index in [0.29, 0.717) is 58.5 Å². The summed E-state index contributed by atoms with van der Waals surface area (Å²) in [7, 11) is 0. The summed E-state index contributed by atoms with van der Waals surface area (Å²) in [6, 6.07) is 27.0. The molecule has 0 N–H and O–H groups in total. The molecule has 0 radical (unpaired) electrons. The van der Waals surface area contributed by atoms with Crippen molar-refractivity contribution >= 4 is 28.9 Å². The van der Waals surface area contributed by atoms with E-state index in [9.17, 15) is 14.4 Å². The summed E-state index contributed by atoms with van der Waals surface area (Å²) in [4.78, 5) is 15.9. The van der Waals surface area contributed by atoms with Crippen LogP contribution in [0, 0.1) is 17.1 Å². The normalized spacial score (nSPS) is 14.7. The molecule has 0 unspecified atom stereocenters. The molecular formula is C30H23FN6O2S. The maximum absolute atomic E-state index is 13.8. The fraction of sp³-hybridized carbons (Fsp3) is 0.133. The van der Waals surface area contributed by atoms with Gasteiger partial charge in [0.2, 0.25) is 5.95 Å². The highest BCUT2D eigenvalue weighted by Crippen LogP contribution is 2.24. The predicted molar refractivity (Wildman–Crippen MR) is 152 cm³/mol. The van der Waals surface area contributed by atoms with Gasteiger partial charge in [-0.15, -0.1) is 21.5 Å². The number of benzene rings is 3. The fourth-order valence-corrected chi connectivity index (χ4v) is 5.69. The molecule has 0 aliphatic carbocycles. The molecule has 198 valence electrons. The minimum atomic E-state index is -0.359. The molecule has 3 heterocycles. The third-order valence-corrected chi connectivity index (χ3v) is 7.60. The van der Waals surface area contributed by atoms with Crippen LogP contribution in [0.15, 0.2) is 89.7 Å². The van der Waals surface area contributed by atoms with E-state index in [-0.39, 0.29) is 16.9 Å². The predicted octanol–water partition coefficient (Wildman–Crippen LogP) is 3.01. The van der Waals surface area contributed by atoms with Crippen LogP contribution in [0.2, 0.25) is 0 Å². The van der Waals surface area contributed by atoms with Crippen LogP contribution in [0.1, 0.15) is 11.4 Å². The molecule has 1 aliphatic rings. The van der Waals surface area contributed by atoms with Crippen molar-refractivity contribution in [1.29, 1.82) is 5.26 Å². The Bertz CT molecular complexity index is 1870. The Morgan fingerprint density at radius 2 is 1.52 bits per heavy atom. The Morgan fingerprint density at radius 1 is 0.900 bits per heavy atom. The summed E-state index contributed by atoms with van der Waals surface area (Å²) in [5, 5.41) is 19.5. The summed E-state index contributed by atoms with van der Waals surface area (Å²) in [6.07, 6.45) is 1.70. The molecule has 0 saturated carbocycles. The smallest absolute Gasteiger partial charge is 0.273 e. The topological polar surface area (TPSA) is 89.0 Å². The largest absolute Gasteiger partial charge is 0.378 e. The molecule has 8 nitrogen and oxygen atoms in total. The molecule has 10 heteroatoms. The van der Waals surface area contributed by atoms with E-state index < -0.39 is 0 Å². The van der Waals surface area contributed by atoms with Crippen molar-refractivity contribution in [1.82, 2.24) is 19.3 Å². The highest BCUT2D eigenvalue weighted by atomic mass is 32.1. The van der Waals surface area contributed by atoms with Gasteiger partial charge in [0.15, 0.2) is 5.82 Å². The number of thiazole rings is 1. The van der Waals surface area contributed by atoms with Crippen LogP contribution in [0.25, 0.3) is 23.0 Å². The number of anilines is 1. The molecule has 0 atom stereocenters. The summed E-state index contributed by atoms with van der Waals surface area (Å²) in [6.45, 7) is 2.40. The van der Waals surface area contributed by atoms with Gasteiger partial charge in [0.1, 0.15) is 22.1 Å². The highest BCUT2D eigenvalue weighted by molar-refractivity contribution is 7.07. The van der Waals surface area contributed by atoms with Gasteiger partial charge in [-0.05, 0) is 48.0 Å². The number of hydrogen-bond acceptors (Lipinski definition) is 7. The van der Waals surface area contributed by atoms with Crippen LogP contribution >= 0.6 is 11.3 Å². The van der Waals surface area contributed by atoms with Crippen LogP contribution in [0.5, 0.6) is 0 Å². The lowest BCUT2D eigenvalue weighted by molar-refractivity contribution is 0.122. The van der Waals surface area contributed by atoms with Crippen LogP contribution in [0.4, 0.5) is 10.3 Å². The minimum Gasteiger partial charge on any atom is -0.378 e. The number of para-hydroxylation sites is 2. The Kier molecular flexibility index (Phi) is 7.06. The van der Waals surface area contributed by atoms with Crippen LogP contribution in [-0.4, -0.2) is 45.6 Å². The van der Waals surface area contributed by atoms with Crippen molar-refractivity contribution < 1.29 is 9.13 Å². The molecule has 1 fully saturated rings. The minimum absolute atomic E-state index is 0.209. The van der Waals surface area contributed by atoms with E-state index in [4.69, 9.17) is 4.74 Å². The van der Waals surface area contributed by atoms with E-state index >= 15 is 0 Å². The number of morpholine rings is 1. The zero-order valence-corrected chi connectivity index (χ0v) is 22.1. The molecule has 5 aromatic rings. The van der Waals surface area contributed by atoms with Crippen molar-refractivity contribution in [3.05, 3.63) is 122 Å². The van der Waals surface area contributed by atoms with Gasteiger partial charge in [0.25, 0.3) is 5.56 Å². The van der Waals surface area contributed by atoms with E-state index in [1.165, 1.54) is 28.0 Å². The first kappa shape index (κ1) is 25.4. The van der Waals surface area contributed by atoms with Gasteiger partial charge in [0, 0.05) is 13.1 Å². The standard InChI is InChI=1S/C30H23FN6O2S/c31-22-13-11-21(12-14-22)19-26-28(38)37(24-9-5-2-6-10-24)29(40-26)25(20-32)27-33-34-30(35-15-17-39-18-16-35)36(27)23-7-3-1-4-8-23/h1-14,19H,15-18H2/b26-19+,29-25-. The summed E-state index contributed by atoms with van der Waals surface area (Å²) < 4.78 is 23.2. The van der Waals surface area contributed by atoms with Gasteiger partial charge in [-0.3, -0.25) is 13.9 Å². The van der Waals surface area contributed by atoms with Gasteiger partial charge < -0.3 is 9.64 Å². The lowest BCUT2D eigenvalue weighted by Gasteiger charge is -2.28. The van der Waals surface area contributed by atoms with E-state index in [1.54, 1.807) is 18.2 Å². The van der Waals surface area contributed by atoms with Crippen LogP contribution < -0.4 is 19.7 Å². The van der Waals surface area contributed by atoms with Gasteiger partial charge in [-0.25, -0.2) is 4.39 Å². The number of nitriles is 1. The first-order valence-electron chi connectivity index (χ1n) is 12.7. The zero-order valence-electron chi connectivity index (χ0n) is 21.3. The van der Waals surface area contributed by atoms with Crippen molar-refractivity contribution in [3.8, 4) is 17.4 Å². The molecule has 0 amide bonds. The third-order valence-electron chi connectivity index (χ3n) is 6.51. The SMILES string of the molecule is N#C/C(c1nnc(N2CCOCC2)n1-c1ccccc1)=c1/s/c(=C/c2ccc(F)cc2)c(=O)n1-c1ccccc1. The molecule has 0 spiro atoms. The summed E-state index contributed by atoms with van der Waals surface area (Å²) >= 11 is 1.18. The van der Waals surface area contributed by atoms with E-state index in [0.717, 1.165) is 5.69 Å². The lowest BCUT2D eigenvalue weighted by atomic mass is 10.2. The lowest BCUT2D eigenvalue weighted by Crippen LogP contribution is -2.38. The Balaban J connectivity index is 1.66. The number of ether oxygens (including phenoxy) is 1. The number of aromatic nitrogens is 4. The first-order valence-corrected chi connectivity index (χ1v) is 13.5. The second kappa shape index (κ2) is 11.1. The van der Waals surface area contributed by atoms with Crippen molar-refractivity contribution in [2.75, 3.05) is 31.2 Å². The average Bonchev–Trinajstić information content (AvgIpc) is 3.58. The molecule has 3 aromatic carbocycles. The molecule has 2 aromatic heterocycles. The average molecular weight is 551 g/mol.